The van der Waals surface area contributed by atoms with Crippen LogP contribution in [0.2, 0.25) is 0 Å². The number of aromatic nitrogens is 2. The summed E-state index contributed by atoms with van der Waals surface area (Å²) in [5.41, 5.74) is 2.49. The lowest BCUT2D eigenvalue weighted by Gasteiger charge is -2.15. The monoisotopic (exact) mass is 231 g/mol. The number of nitrogens with one attached hydrogen (secondary N) is 1. The summed E-state index contributed by atoms with van der Waals surface area (Å²) in [4.78, 5) is 8.46. The molecular weight excluding hydrogens is 217 g/mol. The first-order chi connectivity index (χ1) is 8.16. The van der Waals surface area contributed by atoms with Gasteiger partial charge in [-0.05, 0) is 32.0 Å². The van der Waals surface area contributed by atoms with Gasteiger partial charge in [0, 0.05) is 18.1 Å². The van der Waals surface area contributed by atoms with Crippen molar-refractivity contribution >= 4 is 5.69 Å². The van der Waals surface area contributed by atoms with E-state index in [0.29, 0.717) is 0 Å². The lowest BCUT2D eigenvalue weighted by molar-refractivity contribution is 0.628. The largest absolute Gasteiger partial charge is 0.377 e. The summed E-state index contributed by atoms with van der Waals surface area (Å²) in [6.07, 6.45) is 3.32. The fourth-order valence-electron chi connectivity index (χ4n) is 1.74. The fourth-order valence-corrected chi connectivity index (χ4v) is 1.74. The summed E-state index contributed by atoms with van der Waals surface area (Å²) in [5, 5.41) is 3.20. The Hall–Kier alpha value is -1.97. The van der Waals surface area contributed by atoms with Crippen molar-refractivity contribution in [2.45, 2.75) is 19.9 Å². The molecule has 0 radical (unpaired) electrons. The molecule has 1 N–H and O–H groups in total. The molecular formula is C13H14FN3. The van der Waals surface area contributed by atoms with Crippen molar-refractivity contribution < 1.29 is 4.39 Å². The second-order valence-electron chi connectivity index (χ2n) is 3.90. The van der Waals surface area contributed by atoms with Crippen LogP contribution in [0.3, 0.4) is 0 Å². The maximum Gasteiger partial charge on any atom is 0.125 e. The van der Waals surface area contributed by atoms with Crippen LogP contribution in [-0.4, -0.2) is 9.97 Å². The molecule has 1 atom stereocenters. The third-order valence-corrected chi connectivity index (χ3v) is 2.54. The molecule has 0 aliphatic carbocycles. The third kappa shape index (κ3) is 2.78. The quantitative estimate of drug-likeness (QED) is 0.882. The van der Waals surface area contributed by atoms with Crippen LogP contribution in [0.5, 0.6) is 0 Å². The molecule has 0 amide bonds. The predicted octanol–water partition coefficient (Wildman–Crippen LogP) is 3.10. The summed E-state index contributed by atoms with van der Waals surface area (Å²) in [6, 6.07) is 6.37. The molecule has 1 aromatic carbocycles. The summed E-state index contributed by atoms with van der Waals surface area (Å²) in [6.45, 7) is 3.88. The van der Waals surface area contributed by atoms with Crippen LogP contribution in [0.15, 0.2) is 36.7 Å². The van der Waals surface area contributed by atoms with Gasteiger partial charge >= 0.3 is 0 Å². The van der Waals surface area contributed by atoms with E-state index >= 15 is 0 Å². The number of benzene rings is 1. The van der Waals surface area contributed by atoms with Crippen LogP contribution in [-0.2, 0) is 0 Å². The van der Waals surface area contributed by atoms with Gasteiger partial charge in [-0.3, -0.25) is 9.97 Å². The molecule has 4 heteroatoms. The number of rotatable bonds is 3. The Bertz CT molecular complexity index is 514. The summed E-state index contributed by atoms with van der Waals surface area (Å²) in [5.74, 6) is -0.252. The van der Waals surface area contributed by atoms with E-state index in [1.807, 2.05) is 19.9 Å². The fraction of sp³-hybridized carbons (Fsp3) is 0.231. The second kappa shape index (κ2) is 4.91. The molecule has 1 heterocycles. The highest BCUT2D eigenvalue weighted by atomic mass is 19.1. The van der Waals surface area contributed by atoms with E-state index in [1.165, 1.54) is 12.1 Å². The maximum absolute atomic E-state index is 13.0. The SMILES string of the molecule is Cc1nccnc1C(C)Nc1cccc(F)c1. The van der Waals surface area contributed by atoms with Crippen molar-refractivity contribution in [2.24, 2.45) is 0 Å². The van der Waals surface area contributed by atoms with E-state index < -0.39 is 0 Å². The number of nitrogens with zero attached hydrogens (tertiary/aromatic N) is 2. The zero-order chi connectivity index (χ0) is 12.3. The average molecular weight is 231 g/mol. The first-order valence-corrected chi connectivity index (χ1v) is 5.46. The standard InChI is InChI=1S/C13H14FN3/c1-9-13(16-7-6-15-9)10(2)17-12-5-3-4-11(14)8-12/h3-8,10,17H,1-2H3. The molecule has 0 bridgehead atoms. The molecule has 17 heavy (non-hydrogen) atoms. The number of halogens is 1. The van der Waals surface area contributed by atoms with Crippen LogP contribution in [0.4, 0.5) is 10.1 Å². The van der Waals surface area contributed by atoms with Crippen LogP contribution in [0, 0.1) is 12.7 Å². The number of aryl methyl sites for hydroxylation is 1. The van der Waals surface area contributed by atoms with Crippen molar-refractivity contribution in [3.8, 4) is 0 Å². The zero-order valence-corrected chi connectivity index (χ0v) is 9.81. The van der Waals surface area contributed by atoms with Crippen molar-refractivity contribution in [1.29, 1.82) is 0 Å². The molecule has 1 unspecified atom stereocenters. The maximum atomic E-state index is 13.0. The predicted molar refractivity (Wildman–Crippen MR) is 65.2 cm³/mol. The van der Waals surface area contributed by atoms with Crippen molar-refractivity contribution in [3.63, 3.8) is 0 Å². The highest BCUT2D eigenvalue weighted by Crippen LogP contribution is 2.19. The topological polar surface area (TPSA) is 37.8 Å². The van der Waals surface area contributed by atoms with Gasteiger partial charge in [0.1, 0.15) is 5.82 Å². The van der Waals surface area contributed by atoms with Crippen LogP contribution in [0.25, 0.3) is 0 Å². The van der Waals surface area contributed by atoms with E-state index in [9.17, 15) is 4.39 Å². The van der Waals surface area contributed by atoms with E-state index in [-0.39, 0.29) is 11.9 Å². The molecule has 2 aromatic rings. The van der Waals surface area contributed by atoms with Gasteiger partial charge in [-0.2, -0.15) is 0 Å². The molecule has 88 valence electrons. The first-order valence-electron chi connectivity index (χ1n) is 5.46. The minimum Gasteiger partial charge on any atom is -0.377 e. The van der Waals surface area contributed by atoms with E-state index in [1.54, 1.807) is 18.5 Å². The number of anilines is 1. The Morgan fingerprint density at radius 1 is 1.24 bits per heavy atom. The summed E-state index contributed by atoms with van der Waals surface area (Å²) >= 11 is 0. The van der Waals surface area contributed by atoms with Crippen molar-refractivity contribution in [2.75, 3.05) is 5.32 Å². The average Bonchev–Trinajstić information content (AvgIpc) is 2.29. The molecule has 0 fully saturated rings. The van der Waals surface area contributed by atoms with Gasteiger partial charge in [-0.1, -0.05) is 6.07 Å². The molecule has 0 saturated heterocycles. The molecule has 0 aliphatic heterocycles. The Balaban J connectivity index is 2.17. The highest BCUT2D eigenvalue weighted by molar-refractivity contribution is 5.45. The van der Waals surface area contributed by atoms with Gasteiger partial charge in [-0.25, -0.2) is 4.39 Å². The smallest absolute Gasteiger partial charge is 0.125 e. The van der Waals surface area contributed by atoms with Gasteiger partial charge in [0.15, 0.2) is 0 Å². The van der Waals surface area contributed by atoms with Gasteiger partial charge in [0.2, 0.25) is 0 Å². The van der Waals surface area contributed by atoms with E-state index in [0.717, 1.165) is 17.1 Å². The van der Waals surface area contributed by atoms with Crippen molar-refractivity contribution in [3.05, 3.63) is 53.9 Å². The Morgan fingerprint density at radius 2 is 2.00 bits per heavy atom. The van der Waals surface area contributed by atoms with E-state index in [2.05, 4.69) is 15.3 Å². The minimum atomic E-state index is -0.252. The van der Waals surface area contributed by atoms with Gasteiger partial charge < -0.3 is 5.32 Å². The first kappa shape index (κ1) is 11.5. The van der Waals surface area contributed by atoms with Crippen molar-refractivity contribution in [1.82, 2.24) is 9.97 Å². The lowest BCUT2D eigenvalue weighted by atomic mass is 10.1. The number of hydrogen-bond acceptors (Lipinski definition) is 3. The zero-order valence-electron chi connectivity index (χ0n) is 9.81. The Labute approximate surface area is 99.7 Å². The molecule has 2 rings (SSSR count). The van der Waals surface area contributed by atoms with Crippen LogP contribution >= 0.6 is 0 Å². The lowest BCUT2D eigenvalue weighted by Crippen LogP contribution is -2.11. The molecule has 0 spiro atoms. The van der Waals surface area contributed by atoms with Gasteiger partial charge in [-0.15, -0.1) is 0 Å². The van der Waals surface area contributed by atoms with Crippen LogP contribution < -0.4 is 5.32 Å². The Morgan fingerprint density at radius 3 is 2.71 bits per heavy atom. The molecule has 1 aromatic heterocycles. The molecule has 0 saturated carbocycles. The molecule has 3 nitrogen and oxygen atoms in total. The highest BCUT2D eigenvalue weighted by Gasteiger charge is 2.10. The van der Waals surface area contributed by atoms with Gasteiger partial charge in [0.05, 0.1) is 17.4 Å². The van der Waals surface area contributed by atoms with Crippen LogP contribution in [0.1, 0.15) is 24.4 Å². The number of hydrogen-bond donors (Lipinski definition) is 1. The van der Waals surface area contributed by atoms with E-state index in [4.69, 9.17) is 0 Å². The molecule has 0 aliphatic rings. The Kier molecular flexibility index (Phi) is 3.32. The van der Waals surface area contributed by atoms with Gasteiger partial charge in [0.25, 0.3) is 0 Å². The minimum absolute atomic E-state index is 0.00880. The second-order valence-corrected chi connectivity index (χ2v) is 3.90. The third-order valence-electron chi connectivity index (χ3n) is 2.54. The normalized spacial score (nSPS) is 12.2. The summed E-state index contributed by atoms with van der Waals surface area (Å²) in [7, 11) is 0. The summed E-state index contributed by atoms with van der Waals surface area (Å²) < 4.78 is 13.0.